The van der Waals surface area contributed by atoms with Crippen molar-refractivity contribution in [3.05, 3.63) is 23.8 Å². The number of Topliss-reactive ketones (excluding diaryl/α,β-unsaturated/α-hetero) is 1. The summed E-state index contributed by atoms with van der Waals surface area (Å²) in [4.78, 5) is 25.6. The van der Waals surface area contributed by atoms with Gasteiger partial charge in [-0.1, -0.05) is 44.8 Å². The summed E-state index contributed by atoms with van der Waals surface area (Å²) < 4.78 is 13.3. The van der Waals surface area contributed by atoms with Crippen LogP contribution in [0.3, 0.4) is 0 Å². The van der Waals surface area contributed by atoms with E-state index in [4.69, 9.17) is 9.47 Å². The number of ether oxygens (including phenoxy) is 2. The van der Waals surface area contributed by atoms with Gasteiger partial charge in [-0.2, -0.15) is 0 Å². The van der Waals surface area contributed by atoms with Gasteiger partial charge in [-0.3, -0.25) is 9.59 Å². The van der Waals surface area contributed by atoms with Crippen LogP contribution in [0.2, 0.25) is 0 Å². The molecule has 6 aliphatic rings. The van der Waals surface area contributed by atoms with Gasteiger partial charge in [-0.25, -0.2) is 0 Å². The lowest BCUT2D eigenvalue weighted by atomic mass is 9.46. The summed E-state index contributed by atoms with van der Waals surface area (Å²) in [6.45, 7) is 3.69. The van der Waals surface area contributed by atoms with Crippen molar-refractivity contribution in [2.75, 3.05) is 6.61 Å². The maximum atomic E-state index is 13.5. The largest absolute Gasteiger partial charge is 0.393 e. The van der Waals surface area contributed by atoms with E-state index in [-0.39, 0.29) is 46.8 Å². The third kappa shape index (κ3) is 2.89. The summed E-state index contributed by atoms with van der Waals surface area (Å²) in [6.07, 6.45) is 12.5. The van der Waals surface area contributed by atoms with Crippen molar-refractivity contribution in [1.29, 1.82) is 0 Å². The second-order valence-electron chi connectivity index (χ2n) is 12.3. The topological polar surface area (TPSA) is 93.1 Å². The Morgan fingerprint density at radius 1 is 1.18 bits per heavy atom. The van der Waals surface area contributed by atoms with Gasteiger partial charge in [0.25, 0.3) is 0 Å². The average molecular weight is 471 g/mol. The number of carbonyl (C=O) groups excluding carboxylic acids is 2. The summed E-state index contributed by atoms with van der Waals surface area (Å²) in [5, 5.41) is 21.7. The molecule has 0 unspecified atom stereocenters. The van der Waals surface area contributed by atoms with Gasteiger partial charge in [0, 0.05) is 22.7 Å². The number of ketones is 2. The van der Waals surface area contributed by atoms with Gasteiger partial charge >= 0.3 is 0 Å². The van der Waals surface area contributed by atoms with E-state index in [9.17, 15) is 19.8 Å². The van der Waals surface area contributed by atoms with Crippen molar-refractivity contribution < 1.29 is 29.3 Å². The molecular formula is C28H38O6. The molecule has 9 atom stereocenters. The third-order valence-corrected chi connectivity index (χ3v) is 10.8. The van der Waals surface area contributed by atoms with Crippen LogP contribution < -0.4 is 0 Å². The van der Waals surface area contributed by atoms with Crippen LogP contribution in [-0.2, 0) is 19.1 Å². The quantitative estimate of drug-likeness (QED) is 0.656. The molecule has 0 radical (unpaired) electrons. The average Bonchev–Trinajstić information content (AvgIpc) is 3.32. The Morgan fingerprint density at radius 3 is 2.68 bits per heavy atom. The first-order chi connectivity index (χ1) is 16.2. The van der Waals surface area contributed by atoms with Crippen LogP contribution in [0.25, 0.3) is 0 Å². The van der Waals surface area contributed by atoms with Crippen molar-refractivity contribution >= 4 is 11.6 Å². The van der Waals surface area contributed by atoms with Crippen molar-refractivity contribution in [3.63, 3.8) is 0 Å². The maximum absolute atomic E-state index is 13.5. The lowest BCUT2D eigenvalue weighted by molar-refractivity contribution is -0.209. The predicted molar refractivity (Wildman–Crippen MR) is 125 cm³/mol. The van der Waals surface area contributed by atoms with E-state index in [0.717, 1.165) is 50.5 Å². The van der Waals surface area contributed by atoms with E-state index in [1.165, 1.54) is 6.42 Å². The van der Waals surface area contributed by atoms with Crippen LogP contribution in [-0.4, -0.2) is 52.5 Å². The molecule has 6 heteroatoms. The summed E-state index contributed by atoms with van der Waals surface area (Å²) in [5.41, 5.74) is -1.04. The molecule has 1 heterocycles. The highest BCUT2D eigenvalue weighted by atomic mass is 16.7. The highest BCUT2D eigenvalue weighted by Crippen LogP contribution is 2.70. The predicted octanol–water partition coefficient (Wildman–Crippen LogP) is 3.50. The van der Waals surface area contributed by atoms with Crippen LogP contribution in [0.1, 0.15) is 71.6 Å². The zero-order valence-corrected chi connectivity index (χ0v) is 20.4. The lowest BCUT2D eigenvalue weighted by Crippen LogP contribution is -2.63. The molecule has 0 aromatic carbocycles. The number of rotatable bonds is 3. The molecule has 1 saturated heterocycles. The fourth-order valence-corrected chi connectivity index (χ4v) is 9.33. The van der Waals surface area contributed by atoms with Gasteiger partial charge in [-0.05, 0) is 62.5 Å². The highest BCUT2D eigenvalue weighted by Gasteiger charge is 2.76. The van der Waals surface area contributed by atoms with Gasteiger partial charge in [-0.15, -0.1) is 0 Å². The normalized spacial score (nSPS) is 50.2. The SMILES string of the molecule is C[C@]12C=CC(=O)C=C1CC[C@@H]1[C@H]2[C@@H](O)C[C@@]2(C)[C@@H]1C[C@H]1O[C@H](C3CCCCC3)O[C@]12C(=O)CO. The van der Waals surface area contributed by atoms with Crippen LogP contribution in [0, 0.1) is 34.5 Å². The molecular weight excluding hydrogens is 432 g/mol. The van der Waals surface area contributed by atoms with Crippen molar-refractivity contribution in [3.8, 4) is 0 Å². The molecule has 0 bridgehead atoms. The van der Waals surface area contributed by atoms with Gasteiger partial charge in [0.2, 0.25) is 0 Å². The Labute approximate surface area is 201 Å². The minimum atomic E-state index is -1.20. The van der Waals surface area contributed by atoms with Crippen LogP contribution >= 0.6 is 0 Å². The third-order valence-electron chi connectivity index (χ3n) is 10.8. The molecule has 186 valence electrons. The van der Waals surface area contributed by atoms with E-state index in [2.05, 4.69) is 13.8 Å². The molecule has 2 N–H and O–H groups in total. The number of aliphatic hydroxyl groups is 2. The van der Waals surface area contributed by atoms with Gasteiger partial charge in [0.05, 0.1) is 12.2 Å². The molecule has 5 fully saturated rings. The van der Waals surface area contributed by atoms with E-state index in [1.54, 1.807) is 12.2 Å². The minimum absolute atomic E-state index is 0.0100. The van der Waals surface area contributed by atoms with Crippen molar-refractivity contribution in [1.82, 2.24) is 0 Å². The Hall–Kier alpha value is -1.34. The molecule has 0 aromatic heterocycles. The van der Waals surface area contributed by atoms with Gasteiger partial charge < -0.3 is 19.7 Å². The number of hydrogen-bond acceptors (Lipinski definition) is 6. The van der Waals surface area contributed by atoms with E-state index >= 15 is 0 Å². The van der Waals surface area contributed by atoms with Gasteiger partial charge in [0.1, 0.15) is 6.61 Å². The molecule has 4 saturated carbocycles. The smallest absolute Gasteiger partial charge is 0.193 e. The monoisotopic (exact) mass is 470 g/mol. The van der Waals surface area contributed by atoms with E-state index < -0.39 is 30.0 Å². The molecule has 1 aliphatic heterocycles. The second-order valence-corrected chi connectivity index (χ2v) is 12.3. The minimum Gasteiger partial charge on any atom is -0.393 e. The summed E-state index contributed by atoms with van der Waals surface area (Å²) in [5.74, 6) is 0.360. The number of fused-ring (bicyclic) bond motifs is 7. The first kappa shape index (κ1) is 23.1. The Morgan fingerprint density at radius 2 is 1.94 bits per heavy atom. The Bertz CT molecular complexity index is 949. The number of allylic oxidation sites excluding steroid dienone is 4. The standard InChI is InChI=1S/C28H38O6/c1-26-11-10-18(30)12-17(26)8-9-19-20-13-23-28(22(32)15-29,27(20,2)14-21(31)24(19)26)34-25(33-23)16-6-4-3-5-7-16/h10-12,16,19-21,23-25,29,31H,3-9,13-15H2,1-2H3/t19-,20+,21-,23+,24-,25-,26-,27-,28+/m0/s1. The summed E-state index contributed by atoms with van der Waals surface area (Å²) >= 11 is 0. The van der Waals surface area contributed by atoms with Crippen LogP contribution in [0.4, 0.5) is 0 Å². The molecule has 0 amide bonds. The highest BCUT2D eigenvalue weighted by molar-refractivity contribution is 6.01. The lowest BCUT2D eigenvalue weighted by Gasteiger charge is -2.59. The number of aliphatic hydroxyl groups excluding tert-OH is 2. The fraction of sp³-hybridized carbons (Fsp3) is 0.786. The number of hydrogen-bond donors (Lipinski definition) is 2. The number of carbonyl (C=O) groups is 2. The zero-order valence-electron chi connectivity index (χ0n) is 20.4. The Kier molecular flexibility index (Phi) is 5.31. The molecule has 0 spiro atoms. The summed E-state index contributed by atoms with van der Waals surface area (Å²) in [6, 6.07) is 0. The molecule has 6 rings (SSSR count). The Balaban J connectivity index is 1.37. The van der Waals surface area contributed by atoms with Crippen molar-refractivity contribution in [2.24, 2.45) is 34.5 Å². The van der Waals surface area contributed by atoms with Gasteiger partial charge in [0.15, 0.2) is 23.5 Å². The summed E-state index contributed by atoms with van der Waals surface area (Å²) in [7, 11) is 0. The van der Waals surface area contributed by atoms with Crippen molar-refractivity contribution in [2.45, 2.75) is 95.7 Å². The second kappa shape index (κ2) is 7.83. The molecule has 5 aliphatic carbocycles. The maximum Gasteiger partial charge on any atom is 0.193 e. The van der Waals surface area contributed by atoms with Crippen LogP contribution in [0.15, 0.2) is 23.8 Å². The first-order valence-electron chi connectivity index (χ1n) is 13.3. The molecule has 0 aromatic rings. The first-order valence-corrected chi connectivity index (χ1v) is 13.3. The molecule has 6 nitrogen and oxygen atoms in total. The van der Waals surface area contributed by atoms with E-state index in [1.807, 2.05) is 6.08 Å². The van der Waals surface area contributed by atoms with Crippen LogP contribution in [0.5, 0.6) is 0 Å². The zero-order chi connectivity index (χ0) is 23.9. The fourth-order valence-electron chi connectivity index (χ4n) is 9.33. The molecule has 34 heavy (non-hydrogen) atoms. The van der Waals surface area contributed by atoms with E-state index in [0.29, 0.717) is 6.42 Å².